The summed E-state index contributed by atoms with van der Waals surface area (Å²) in [6, 6.07) is 12.9. The van der Waals surface area contributed by atoms with Gasteiger partial charge in [0, 0.05) is 19.2 Å². The first-order valence-electron chi connectivity index (χ1n) is 10.6. The normalized spacial score (nSPS) is 17.3. The Morgan fingerprint density at radius 1 is 1.17 bits per heavy atom. The summed E-state index contributed by atoms with van der Waals surface area (Å²) >= 11 is 0. The van der Waals surface area contributed by atoms with Crippen LogP contribution in [0.5, 0.6) is 5.75 Å². The van der Waals surface area contributed by atoms with Gasteiger partial charge in [0.15, 0.2) is 11.1 Å². The molecule has 1 atom stereocenters. The highest BCUT2D eigenvalue weighted by molar-refractivity contribution is 7.91. The van der Waals surface area contributed by atoms with E-state index >= 15 is 0 Å². The number of benzene rings is 2. The number of rotatable bonds is 5. The highest BCUT2D eigenvalue weighted by atomic mass is 32.2. The predicted octanol–water partition coefficient (Wildman–Crippen LogP) is 4.43. The second-order valence-corrected chi connectivity index (χ2v) is 10.1. The zero-order chi connectivity index (χ0) is 21.3. The smallest absolute Gasteiger partial charge is 0.214 e. The molecule has 158 valence electrons. The van der Waals surface area contributed by atoms with Crippen LogP contribution in [-0.4, -0.2) is 28.1 Å². The lowest BCUT2D eigenvalue weighted by atomic mass is 9.99. The van der Waals surface area contributed by atoms with Crippen molar-refractivity contribution in [1.29, 1.82) is 0 Å². The molecule has 0 radical (unpaired) electrons. The third kappa shape index (κ3) is 3.88. The Balaban J connectivity index is 1.96. The molecule has 0 bridgehead atoms. The minimum Gasteiger partial charge on any atom is -0.494 e. The summed E-state index contributed by atoms with van der Waals surface area (Å²) in [5, 5.41) is 0.878. The number of hydrogen-bond acceptors (Lipinski definition) is 4. The van der Waals surface area contributed by atoms with Gasteiger partial charge in [-0.1, -0.05) is 24.6 Å². The van der Waals surface area contributed by atoms with E-state index in [1.165, 1.54) is 0 Å². The van der Waals surface area contributed by atoms with Crippen molar-refractivity contribution < 1.29 is 18.1 Å². The molecular weight excluding hydrogens is 396 g/mol. The molecule has 6 heteroatoms. The molecule has 1 saturated heterocycles. The Morgan fingerprint density at radius 3 is 2.63 bits per heavy atom. The number of ether oxygens (including phenoxy) is 1. The number of aromatic amines is 1. The van der Waals surface area contributed by atoms with Gasteiger partial charge in [-0.25, -0.2) is 13.4 Å². The van der Waals surface area contributed by atoms with Crippen LogP contribution in [0.1, 0.15) is 32.3 Å². The van der Waals surface area contributed by atoms with Gasteiger partial charge in [-0.05, 0) is 56.9 Å². The summed E-state index contributed by atoms with van der Waals surface area (Å²) in [6.07, 6.45) is 3.86. The standard InChI is InChI=1S/C24H28N2O3S/c1-4-29-19-9-12-22-21(14-19)24(26-13-5-6-18(3)16-26)23(15-25-22)30(27,28)20-10-7-17(2)8-11-20/h7-12,14-15,18H,4-6,13,16H2,1-3H3/p+1/t18-/m0/s1. The quantitative estimate of drug-likeness (QED) is 0.607. The van der Waals surface area contributed by atoms with E-state index < -0.39 is 9.84 Å². The average Bonchev–Trinajstić information content (AvgIpc) is 2.73. The zero-order valence-corrected chi connectivity index (χ0v) is 18.6. The van der Waals surface area contributed by atoms with Gasteiger partial charge in [0.25, 0.3) is 0 Å². The van der Waals surface area contributed by atoms with Crippen LogP contribution in [0.3, 0.4) is 0 Å². The highest BCUT2D eigenvalue weighted by Gasteiger charge is 2.31. The monoisotopic (exact) mass is 425 g/mol. The van der Waals surface area contributed by atoms with Crippen LogP contribution in [0.4, 0.5) is 5.69 Å². The van der Waals surface area contributed by atoms with Crippen molar-refractivity contribution in [1.82, 2.24) is 0 Å². The maximum absolute atomic E-state index is 13.7. The molecule has 30 heavy (non-hydrogen) atoms. The molecule has 1 aromatic heterocycles. The van der Waals surface area contributed by atoms with E-state index in [0.717, 1.165) is 53.8 Å². The van der Waals surface area contributed by atoms with E-state index in [9.17, 15) is 8.42 Å². The van der Waals surface area contributed by atoms with Gasteiger partial charge in [-0.2, -0.15) is 0 Å². The number of sulfone groups is 1. The highest BCUT2D eigenvalue weighted by Crippen LogP contribution is 2.38. The minimum atomic E-state index is -3.68. The van der Waals surface area contributed by atoms with Gasteiger partial charge in [-0.3, -0.25) is 0 Å². The second-order valence-electron chi connectivity index (χ2n) is 8.15. The van der Waals surface area contributed by atoms with Crippen molar-refractivity contribution in [3.8, 4) is 5.75 Å². The first-order chi connectivity index (χ1) is 14.4. The summed E-state index contributed by atoms with van der Waals surface area (Å²) in [5.41, 5.74) is 2.71. The Kier molecular flexibility index (Phi) is 5.69. The minimum absolute atomic E-state index is 0.313. The number of piperidine rings is 1. The van der Waals surface area contributed by atoms with Crippen molar-refractivity contribution in [2.24, 2.45) is 5.92 Å². The van der Waals surface area contributed by atoms with Crippen molar-refractivity contribution in [2.45, 2.75) is 43.4 Å². The number of nitrogens with zero attached hydrogens (tertiary/aromatic N) is 1. The second kappa shape index (κ2) is 8.26. The largest absolute Gasteiger partial charge is 0.494 e. The number of aromatic nitrogens is 1. The number of hydrogen-bond donors (Lipinski definition) is 0. The molecule has 0 amide bonds. The lowest BCUT2D eigenvalue weighted by molar-refractivity contribution is -0.347. The molecule has 1 N–H and O–H groups in total. The molecule has 5 nitrogen and oxygen atoms in total. The lowest BCUT2D eigenvalue weighted by Gasteiger charge is -2.34. The van der Waals surface area contributed by atoms with Crippen LogP contribution in [0.15, 0.2) is 58.5 Å². The fourth-order valence-electron chi connectivity index (χ4n) is 4.21. The number of anilines is 1. The fraction of sp³-hybridized carbons (Fsp3) is 0.375. The fourth-order valence-corrected chi connectivity index (χ4v) is 5.67. The SMILES string of the molecule is CCOc1ccc2[nH+]cc(S(=O)(=O)c3ccc(C)cc3)c(N3CCC[C@H](C)C3)c2c1. The van der Waals surface area contributed by atoms with Gasteiger partial charge >= 0.3 is 0 Å². The Labute approximate surface area is 178 Å². The summed E-state index contributed by atoms with van der Waals surface area (Å²) in [5.74, 6) is 1.26. The topological polar surface area (TPSA) is 60.8 Å². The molecule has 1 fully saturated rings. The van der Waals surface area contributed by atoms with Crippen LogP contribution in [0.2, 0.25) is 0 Å². The van der Waals surface area contributed by atoms with Crippen molar-refractivity contribution in [3.05, 3.63) is 54.2 Å². The van der Waals surface area contributed by atoms with Gasteiger partial charge in [-0.15, -0.1) is 0 Å². The number of fused-ring (bicyclic) bond motifs is 1. The zero-order valence-electron chi connectivity index (χ0n) is 17.8. The number of pyridine rings is 1. The van der Waals surface area contributed by atoms with Crippen molar-refractivity contribution in [3.63, 3.8) is 0 Å². The summed E-state index contributed by atoms with van der Waals surface area (Å²) in [4.78, 5) is 6.08. The first kappa shape index (κ1) is 20.7. The van der Waals surface area contributed by atoms with Gasteiger partial charge in [0.2, 0.25) is 15.4 Å². The van der Waals surface area contributed by atoms with Gasteiger partial charge in [0.05, 0.1) is 22.6 Å². The molecule has 0 saturated carbocycles. The maximum atomic E-state index is 13.7. The van der Waals surface area contributed by atoms with Crippen LogP contribution in [0, 0.1) is 12.8 Å². The summed E-state index contributed by atoms with van der Waals surface area (Å²) in [6.45, 7) is 8.38. The predicted molar refractivity (Wildman–Crippen MR) is 119 cm³/mol. The first-order valence-corrected chi connectivity index (χ1v) is 12.1. The molecule has 2 aromatic carbocycles. The Bertz CT molecular complexity index is 1160. The van der Waals surface area contributed by atoms with E-state index in [4.69, 9.17) is 4.74 Å². The van der Waals surface area contributed by atoms with Crippen LogP contribution < -0.4 is 14.6 Å². The average molecular weight is 426 g/mol. The van der Waals surface area contributed by atoms with Crippen LogP contribution >= 0.6 is 0 Å². The third-order valence-corrected chi connectivity index (χ3v) is 7.53. The molecule has 2 heterocycles. The van der Waals surface area contributed by atoms with Crippen molar-refractivity contribution >= 4 is 26.4 Å². The van der Waals surface area contributed by atoms with E-state index in [1.54, 1.807) is 18.3 Å². The van der Waals surface area contributed by atoms with Gasteiger partial charge in [0.1, 0.15) is 5.75 Å². The number of aryl methyl sites for hydroxylation is 1. The lowest BCUT2D eigenvalue weighted by Crippen LogP contribution is -2.35. The summed E-state index contributed by atoms with van der Waals surface area (Å²) in [7, 11) is -3.68. The summed E-state index contributed by atoms with van der Waals surface area (Å²) < 4.78 is 33.1. The number of nitrogens with one attached hydrogen (secondary N) is 1. The Hall–Kier alpha value is -2.60. The van der Waals surface area contributed by atoms with E-state index in [0.29, 0.717) is 22.3 Å². The van der Waals surface area contributed by atoms with Crippen molar-refractivity contribution in [2.75, 3.05) is 24.6 Å². The van der Waals surface area contributed by atoms with Crippen LogP contribution in [0.25, 0.3) is 10.9 Å². The molecular formula is C24H29N2O3S+. The van der Waals surface area contributed by atoms with E-state index in [2.05, 4.69) is 16.8 Å². The molecule has 4 rings (SSSR count). The Morgan fingerprint density at radius 2 is 1.93 bits per heavy atom. The molecule has 0 unspecified atom stereocenters. The van der Waals surface area contributed by atoms with Gasteiger partial charge < -0.3 is 9.64 Å². The van der Waals surface area contributed by atoms with E-state index in [1.807, 2.05) is 44.2 Å². The molecule has 1 aliphatic heterocycles. The molecule has 3 aromatic rings. The number of H-pyrrole nitrogens is 1. The molecule has 0 aliphatic carbocycles. The molecule has 1 aliphatic rings. The maximum Gasteiger partial charge on any atom is 0.214 e. The van der Waals surface area contributed by atoms with E-state index in [-0.39, 0.29) is 0 Å². The van der Waals surface area contributed by atoms with Crippen LogP contribution in [-0.2, 0) is 9.84 Å². The molecule has 0 spiro atoms. The third-order valence-electron chi connectivity index (χ3n) is 5.74.